The number of carbonyl (C=O) groups excluding carboxylic acids is 1. The van der Waals surface area contributed by atoms with Crippen molar-refractivity contribution in [2.45, 2.75) is 76.3 Å². The minimum atomic E-state index is -0.841. The minimum absolute atomic E-state index is 0.0388. The van der Waals surface area contributed by atoms with Crippen LogP contribution in [0, 0.1) is 29.6 Å². The monoisotopic (exact) mass is 472 g/mol. The van der Waals surface area contributed by atoms with Gasteiger partial charge >= 0.3 is 5.97 Å². The van der Waals surface area contributed by atoms with E-state index in [9.17, 15) is 15.0 Å². The number of aliphatic hydroxyl groups is 2. The van der Waals surface area contributed by atoms with Crippen LogP contribution in [0.25, 0.3) is 0 Å². The van der Waals surface area contributed by atoms with Gasteiger partial charge in [-0.25, -0.2) is 9.78 Å². The standard InChI is InChI=1S/C26H36N2O6/c1-13-10-14(2)26-17(11-19(32-5)25(31)33-23(13)16(4)29)6-7-18-20(26)22(30)15(3)21(24(18)34-26)28-9-8-27-12-28/h6-10,12-13,15-24,29-30H,11H2,1-5H3/b14-10+/t13-,15?,16-,17-,18-,19+,20+,21?,22-,23+,24-,26+/m1/s1. The summed E-state index contributed by atoms with van der Waals surface area (Å²) in [7, 11) is 1.50. The second-order valence-electron chi connectivity index (χ2n) is 10.6. The van der Waals surface area contributed by atoms with Crippen LogP contribution in [0.1, 0.15) is 40.2 Å². The lowest BCUT2D eigenvalue weighted by molar-refractivity contribution is -0.172. The topological polar surface area (TPSA) is 103 Å². The maximum Gasteiger partial charge on any atom is 0.335 e. The molecule has 0 aromatic carbocycles. The fourth-order valence-electron chi connectivity index (χ4n) is 7.23. The van der Waals surface area contributed by atoms with Gasteiger partial charge in [-0.3, -0.25) is 0 Å². The van der Waals surface area contributed by atoms with Crippen molar-refractivity contribution in [3.63, 3.8) is 0 Å². The van der Waals surface area contributed by atoms with Gasteiger partial charge in [-0.1, -0.05) is 32.1 Å². The van der Waals surface area contributed by atoms with Crippen molar-refractivity contribution >= 4 is 5.97 Å². The maximum atomic E-state index is 13.0. The zero-order chi connectivity index (χ0) is 24.4. The van der Waals surface area contributed by atoms with Gasteiger partial charge in [0, 0.05) is 49.1 Å². The van der Waals surface area contributed by atoms with E-state index in [1.54, 1.807) is 19.4 Å². The molecular weight excluding hydrogens is 436 g/mol. The Labute approximate surface area is 200 Å². The number of cyclic esters (lactones) is 1. The molecule has 3 heterocycles. The van der Waals surface area contributed by atoms with E-state index in [1.807, 2.05) is 20.0 Å². The highest BCUT2D eigenvalue weighted by Gasteiger charge is 2.68. The first-order chi connectivity index (χ1) is 16.2. The molecule has 1 saturated carbocycles. The van der Waals surface area contributed by atoms with E-state index in [0.29, 0.717) is 6.42 Å². The number of hydrogen-bond donors (Lipinski definition) is 2. The second-order valence-corrected chi connectivity index (χ2v) is 10.6. The number of imidazole rings is 1. The number of methoxy groups -OCH3 is 1. The predicted molar refractivity (Wildman–Crippen MR) is 124 cm³/mol. The van der Waals surface area contributed by atoms with Crippen molar-refractivity contribution in [3.8, 4) is 0 Å². The molecule has 1 aromatic rings. The largest absolute Gasteiger partial charge is 0.457 e. The summed E-state index contributed by atoms with van der Waals surface area (Å²) in [6.45, 7) is 7.70. The number of hydrogen-bond acceptors (Lipinski definition) is 7. The molecule has 186 valence electrons. The Balaban J connectivity index is 1.65. The third-order valence-electron chi connectivity index (χ3n) is 8.78. The van der Waals surface area contributed by atoms with Gasteiger partial charge in [0.05, 0.1) is 30.7 Å². The number of nitrogens with zero attached hydrogens (tertiary/aromatic N) is 2. The normalized spacial score (nSPS) is 48.4. The van der Waals surface area contributed by atoms with Gasteiger partial charge in [0.1, 0.15) is 11.7 Å². The van der Waals surface area contributed by atoms with E-state index in [-0.39, 0.29) is 41.7 Å². The maximum absolute atomic E-state index is 13.0. The Kier molecular flexibility index (Phi) is 5.99. The predicted octanol–water partition coefficient (Wildman–Crippen LogP) is 2.28. The van der Waals surface area contributed by atoms with Crippen LogP contribution in [0.2, 0.25) is 0 Å². The quantitative estimate of drug-likeness (QED) is 0.514. The van der Waals surface area contributed by atoms with Crippen LogP contribution in [0.5, 0.6) is 0 Å². The Morgan fingerprint density at radius 3 is 2.74 bits per heavy atom. The molecule has 4 aliphatic rings. The van der Waals surface area contributed by atoms with Gasteiger partial charge in [0.25, 0.3) is 0 Å². The van der Waals surface area contributed by atoms with Gasteiger partial charge < -0.3 is 29.0 Å². The van der Waals surface area contributed by atoms with E-state index >= 15 is 0 Å². The third-order valence-corrected chi connectivity index (χ3v) is 8.78. The van der Waals surface area contributed by atoms with Crippen LogP contribution < -0.4 is 0 Å². The zero-order valence-corrected chi connectivity index (χ0v) is 20.4. The Hall–Kier alpha value is -2.00. The minimum Gasteiger partial charge on any atom is -0.457 e. The first kappa shape index (κ1) is 23.7. The smallest absolute Gasteiger partial charge is 0.335 e. The van der Waals surface area contributed by atoms with Crippen molar-refractivity contribution < 1.29 is 29.2 Å². The molecular formula is C26H36N2O6. The number of carbonyl (C=O) groups is 1. The molecule has 2 aliphatic heterocycles. The molecule has 4 bridgehead atoms. The van der Waals surface area contributed by atoms with E-state index < -0.39 is 36.0 Å². The summed E-state index contributed by atoms with van der Waals surface area (Å²) in [5.74, 6) is -1.06. The average Bonchev–Trinajstić information content (AvgIpc) is 3.38. The Morgan fingerprint density at radius 1 is 1.32 bits per heavy atom. The summed E-state index contributed by atoms with van der Waals surface area (Å²) in [6, 6.07) is -0.0597. The molecule has 2 aliphatic carbocycles. The van der Waals surface area contributed by atoms with Gasteiger partial charge in [0.15, 0.2) is 6.10 Å². The summed E-state index contributed by atoms with van der Waals surface area (Å²) in [5, 5.41) is 22.1. The van der Waals surface area contributed by atoms with E-state index in [4.69, 9.17) is 14.2 Å². The summed E-state index contributed by atoms with van der Waals surface area (Å²) >= 11 is 0. The zero-order valence-electron chi connectivity index (χ0n) is 20.4. The van der Waals surface area contributed by atoms with E-state index in [2.05, 4.69) is 34.7 Å². The van der Waals surface area contributed by atoms with Crippen LogP contribution >= 0.6 is 0 Å². The molecule has 0 amide bonds. The first-order valence-corrected chi connectivity index (χ1v) is 12.3. The van der Waals surface area contributed by atoms with Crippen LogP contribution in [0.3, 0.4) is 0 Å². The fraction of sp³-hybridized carbons (Fsp3) is 0.692. The van der Waals surface area contributed by atoms with Crippen LogP contribution in [0.4, 0.5) is 0 Å². The first-order valence-electron chi connectivity index (χ1n) is 12.3. The van der Waals surface area contributed by atoms with Gasteiger partial charge in [-0.2, -0.15) is 0 Å². The SMILES string of the molecule is CO[C@H]1C[C@H]2C=C[C@@H]3[C@H]4[C@H](O)C(C)C(n5ccnc5)[C@@H]3O[C@]42/C(C)=C/[C@@H](C)[C@@H]([C@@H](C)O)OC1=O. The van der Waals surface area contributed by atoms with Crippen molar-refractivity contribution in [2.75, 3.05) is 7.11 Å². The van der Waals surface area contributed by atoms with Crippen molar-refractivity contribution in [1.82, 2.24) is 9.55 Å². The Morgan fingerprint density at radius 2 is 2.09 bits per heavy atom. The number of aromatic nitrogens is 2. The summed E-state index contributed by atoms with van der Waals surface area (Å²) in [4.78, 5) is 17.3. The van der Waals surface area contributed by atoms with E-state index in [1.165, 1.54) is 7.11 Å². The van der Waals surface area contributed by atoms with Crippen molar-refractivity contribution in [1.29, 1.82) is 0 Å². The van der Waals surface area contributed by atoms with Gasteiger partial charge in [-0.05, 0) is 25.8 Å². The molecule has 2 unspecified atom stereocenters. The number of ether oxygens (including phenoxy) is 3. The average molecular weight is 473 g/mol. The summed E-state index contributed by atoms with van der Waals surface area (Å²) in [6.07, 6.45) is 9.13. The molecule has 8 heteroatoms. The molecule has 8 nitrogen and oxygen atoms in total. The summed E-state index contributed by atoms with van der Waals surface area (Å²) < 4.78 is 20.4. The molecule has 1 spiro atoms. The third kappa shape index (κ3) is 3.33. The molecule has 5 rings (SSSR count). The van der Waals surface area contributed by atoms with Crippen LogP contribution in [0.15, 0.2) is 42.5 Å². The second kappa shape index (κ2) is 8.59. The Bertz CT molecular complexity index is 974. The lowest BCUT2D eigenvalue weighted by Crippen LogP contribution is -2.56. The van der Waals surface area contributed by atoms with E-state index in [0.717, 1.165) is 5.57 Å². The highest BCUT2D eigenvalue weighted by Crippen LogP contribution is 2.62. The van der Waals surface area contributed by atoms with Crippen LogP contribution in [-0.2, 0) is 19.0 Å². The van der Waals surface area contributed by atoms with Crippen LogP contribution in [-0.4, -0.2) is 69.0 Å². The highest BCUT2D eigenvalue weighted by molar-refractivity contribution is 5.75. The molecule has 12 atom stereocenters. The van der Waals surface area contributed by atoms with Gasteiger partial charge in [-0.15, -0.1) is 0 Å². The molecule has 1 saturated heterocycles. The lowest BCUT2D eigenvalue weighted by Gasteiger charge is -2.49. The molecule has 34 heavy (non-hydrogen) atoms. The van der Waals surface area contributed by atoms with Crippen molar-refractivity contribution in [3.05, 3.63) is 42.5 Å². The number of aliphatic hydroxyl groups excluding tert-OH is 2. The molecule has 0 radical (unpaired) electrons. The molecule has 1 aromatic heterocycles. The highest BCUT2D eigenvalue weighted by atomic mass is 16.6. The molecule has 2 N–H and O–H groups in total. The summed E-state index contributed by atoms with van der Waals surface area (Å²) in [5.41, 5.74) is 0.224. The van der Waals surface area contributed by atoms with Crippen molar-refractivity contribution in [2.24, 2.45) is 29.6 Å². The number of rotatable bonds is 3. The number of esters is 1. The lowest BCUT2D eigenvalue weighted by atomic mass is 9.57. The fourth-order valence-corrected chi connectivity index (χ4v) is 7.23. The van der Waals surface area contributed by atoms with Gasteiger partial charge in [0.2, 0.25) is 0 Å². The molecule has 2 fully saturated rings.